The highest BCUT2D eigenvalue weighted by Gasteiger charge is 2.20. The normalized spacial score (nSPS) is 13.2. The number of fused-ring (bicyclic) bond motifs is 3. The Kier molecular flexibility index (Phi) is 4.02. The van der Waals surface area contributed by atoms with Gasteiger partial charge in [-0.15, -0.1) is 11.3 Å². The lowest BCUT2D eigenvalue weighted by molar-refractivity contribution is 0.786. The van der Waals surface area contributed by atoms with E-state index in [1.807, 2.05) is 23.5 Å². The van der Waals surface area contributed by atoms with Crippen molar-refractivity contribution in [2.75, 3.05) is 0 Å². The molecule has 3 nitrogen and oxygen atoms in total. The molecule has 24 heavy (non-hydrogen) atoms. The number of hydrogen-bond donors (Lipinski definition) is 0. The lowest BCUT2D eigenvalue weighted by Crippen LogP contribution is -2.22. The third-order valence-electron chi connectivity index (χ3n) is 4.40. The highest BCUT2D eigenvalue weighted by Crippen LogP contribution is 2.36. The molecule has 1 aliphatic carbocycles. The van der Waals surface area contributed by atoms with Crippen molar-refractivity contribution in [3.63, 3.8) is 0 Å². The fraction of sp³-hybridized carbons (Fsp3) is 0.263. The molecule has 122 valence electrons. The number of aryl methyl sites for hydroxylation is 3. The van der Waals surface area contributed by atoms with Crippen LogP contribution in [0.2, 0.25) is 5.02 Å². The first-order chi connectivity index (χ1) is 11.7. The van der Waals surface area contributed by atoms with Crippen LogP contribution in [0.4, 0.5) is 0 Å². The van der Waals surface area contributed by atoms with Crippen molar-refractivity contribution in [2.45, 2.75) is 32.6 Å². The van der Waals surface area contributed by atoms with Gasteiger partial charge in [-0.1, -0.05) is 18.5 Å². The first-order valence-electron chi connectivity index (χ1n) is 8.17. The molecule has 1 aliphatic rings. The van der Waals surface area contributed by atoms with Gasteiger partial charge in [0.05, 0.1) is 11.4 Å². The molecular formula is C19H17ClN2OS. The summed E-state index contributed by atoms with van der Waals surface area (Å²) in [5, 5.41) is 5.38. The molecule has 0 radical (unpaired) electrons. The number of nitrogens with zero attached hydrogens (tertiary/aromatic N) is 2. The minimum absolute atomic E-state index is 0.0922. The standard InChI is InChI=1S/C19H17ClN2OS/c1-2-15-11-16-17(24-15)5-3-4-12-10-18(23)22(21-19(12)16)14-8-6-13(20)7-9-14/h6-11H,2-5H2,1H3. The van der Waals surface area contributed by atoms with Gasteiger partial charge in [0, 0.05) is 26.4 Å². The SMILES string of the molecule is CCc1cc2c(s1)CCCc1cc(=O)n(-c3ccc(Cl)cc3)nc1-2. The van der Waals surface area contributed by atoms with E-state index in [0.29, 0.717) is 5.02 Å². The van der Waals surface area contributed by atoms with Gasteiger partial charge in [0.25, 0.3) is 5.56 Å². The molecule has 0 N–H and O–H groups in total. The lowest BCUT2D eigenvalue weighted by Gasteiger charge is -2.10. The first-order valence-corrected chi connectivity index (χ1v) is 9.36. The van der Waals surface area contributed by atoms with E-state index in [2.05, 4.69) is 13.0 Å². The number of halogens is 1. The number of benzene rings is 1. The molecule has 4 rings (SSSR count). The third kappa shape index (κ3) is 2.70. The summed E-state index contributed by atoms with van der Waals surface area (Å²) in [4.78, 5) is 15.3. The summed E-state index contributed by atoms with van der Waals surface area (Å²) in [6, 6.07) is 11.2. The summed E-state index contributed by atoms with van der Waals surface area (Å²) in [6.45, 7) is 2.17. The molecule has 5 heteroatoms. The maximum Gasteiger partial charge on any atom is 0.271 e. The number of aromatic nitrogens is 2. The zero-order valence-corrected chi connectivity index (χ0v) is 15.0. The summed E-state index contributed by atoms with van der Waals surface area (Å²) in [5.74, 6) is 0. The van der Waals surface area contributed by atoms with Gasteiger partial charge >= 0.3 is 0 Å². The fourth-order valence-electron chi connectivity index (χ4n) is 3.16. The highest BCUT2D eigenvalue weighted by molar-refractivity contribution is 7.12. The van der Waals surface area contributed by atoms with Crippen molar-refractivity contribution in [3.8, 4) is 16.9 Å². The summed E-state index contributed by atoms with van der Waals surface area (Å²) in [7, 11) is 0. The van der Waals surface area contributed by atoms with Crippen LogP contribution in [0, 0.1) is 0 Å². The first kappa shape index (κ1) is 15.6. The minimum atomic E-state index is -0.0922. The van der Waals surface area contributed by atoms with Crippen LogP contribution in [0.25, 0.3) is 16.9 Å². The van der Waals surface area contributed by atoms with Gasteiger partial charge in [0.1, 0.15) is 0 Å². The summed E-state index contributed by atoms with van der Waals surface area (Å²) in [6.07, 6.45) is 4.06. The van der Waals surface area contributed by atoms with Gasteiger partial charge in [0.15, 0.2) is 0 Å². The van der Waals surface area contributed by atoms with Gasteiger partial charge in [-0.05, 0) is 61.6 Å². The van der Waals surface area contributed by atoms with Crippen LogP contribution in [-0.2, 0) is 19.3 Å². The Morgan fingerprint density at radius 3 is 2.75 bits per heavy atom. The predicted molar refractivity (Wildman–Crippen MR) is 99.6 cm³/mol. The van der Waals surface area contributed by atoms with Crippen LogP contribution >= 0.6 is 22.9 Å². The monoisotopic (exact) mass is 356 g/mol. The lowest BCUT2D eigenvalue weighted by atomic mass is 10.1. The van der Waals surface area contributed by atoms with E-state index in [9.17, 15) is 4.79 Å². The third-order valence-corrected chi connectivity index (χ3v) is 5.99. The summed E-state index contributed by atoms with van der Waals surface area (Å²) >= 11 is 7.83. The zero-order chi connectivity index (χ0) is 16.7. The van der Waals surface area contributed by atoms with Crippen LogP contribution in [0.5, 0.6) is 0 Å². The molecule has 0 amide bonds. The predicted octanol–water partition coefficient (Wildman–Crippen LogP) is 4.67. The Bertz CT molecular complexity index is 956. The van der Waals surface area contributed by atoms with Crippen molar-refractivity contribution < 1.29 is 0 Å². The Balaban J connectivity index is 1.92. The minimum Gasteiger partial charge on any atom is -0.267 e. The number of hydrogen-bond acceptors (Lipinski definition) is 3. The molecule has 2 aromatic heterocycles. The van der Waals surface area contributed by atoms with E-state index < -0.39 is 0 Å². The van der Waals surface area contributed by atoms with Gasteiger partial charge in [0.2, 0.25) is 0 Å². The second-order valence-electron chi connectivity index (χ2n) is 6.00. The Labute approximate surface area is 149 Å². The van der Waals surface area contributed by atoms with E-state index in [4.69, 9.17) is 16.7 Å². The second kappa shape index (κ2) is 6.19. The van der Waals surface area contributed by atoms with E-state index in [1.54, 1.807) is 18.2 Å². The molecule has 0 aliphatic heterocycles. The van der Waals surface area contributed by atoms with Crippen molar-refractivity contribution in [3.05, 3.63) is 67.1 Å². The highest BCUT2D eigenvalue weighted by atomic mass is 35.5. The second-order valence-corrected chi connectivity index (χ2v) is 7.66. The molecule has 0 bridgehead atoms. The van der Waals surface area contributed by atoms with Crippen molar-refractivity contribution in [1.82, 2.24) is 9.78 Å². The van der Waals surface area contributed by atoms with E-state index in [0.717, 1.165) is 42.6 Å². The van der Waals surface area contributed by atoms with E-state index in [1.165, 1.54) is 20.0 Å². The maximum atomic E-state index is 12.5. The summed E-state index contributed by atoms with van der Waals surface area (Å²) < 4.78 is 1.48. The van der Waals surface area contributed by atoms with Crippen molar-refractivity contribution in [2.24, 2.45) is 0 Å². The Hall–Kier alpha value is -1.91. The Morgan fingerprint density at radius 1 is 1.21 bits per heavy atom. The Morgan fingerprint density at radius 2 is 2.00 bits per heavy atom. The van der Waals surface area contributed by atoms with E-state index in [-0.39, 0.29) is 5.56 Å². The molecule has 1 aromatic carbocycles. The average Bonchev–Trinajstić information content (AvgIpc) is 2.92. The smallest absolute Gasteiger partial charge is 0.267 e. The molecule has 0 unspecified atom stereocenters. The molecule has 0 saturated carbocycles. The van der Waals surface area contributed by atoms with Crippen LogP contribution in [-0.4, -0.2) is 9.78 Å². The maximum absolute atomic E-state index is 12.5. The molecular weight excluding hydrogens is 340 g/mol. The zero-order valence-electron chi connectivity index (χ0n) is 13.4. The molecule has 0 fully saturated rings. The largest absolute Gasteiger partial charge is 0.271 e. The quantitative estimate of drug-likeness (QED) is 0.669. The molecule has 0 saturated heterocycles. The van der Waals surface area contributed by atoms with Gasteiger partial charge in [-0.25, -0.2) is 0 Å². The summed E-state index contributed by atoms with van der Waals surface area (Å²) in [5.41, 5.74) is 3.86. The van der Waals surface area contributed by atoms with Crippen LogP contribution < -0.4 is 5.56 Å². The van der Waals surface area contributed by atoms with E-state index >= 15 is 0 Å². The topological polar surface area (TPSA) is 34.9 Å². The van der Waals surface area contributed by atoms with Crippen LogP contribution in [0.15, 0.2) is 41.2 Å². The molecule has 3 aromatic rings. The van der Waals surface area contributed by atoms with Crippen LogP contribution in [0.1, 0.15) is 28.7 Å². The fourth-order valence-corrected chi connectivity index (χ4v) is 4.44. The molecule has 0 atom stereocenters. The molecule has 2 heterocycles. The van der Waals surface area contributed by atoms with Gasteiger partial charge in [-0.2, -0.15) is 9.78 Å². The van der Waals surface area contributed by atoms with Crippen molar-refractivity contribution in [1.29, 1.82) is 0 Å². The number of thiophene rings is 1. The number of rotatable bonds is 2. The average molecular weight is 357 g/mol. The molecule has 0 spiro atoms. The van der Waals surface area contributed by atoms with Crippen LogP contribution in [0.3, 0.4) is 0 Å². The van der Waals surface area contributed by atoms with Gasteiger partial charge in [-0.3, -0.25) is 4.79 Å². The van der Waals surface area contributed by atoms with Crippen molar-refractivity contribution >= 4 is 22.9 Å². The van der Waals surface area contributed by atoms with Gasteiger partial charge < -0.3 is 0 Å².